The van der Waals surface area contributed by atoms with Gasteiger partial charge in [-0.3, -0.25) is 4.79 Å². The van der Waals surface area contributed by atoms with Gasteiger partial charge in [0.2, 0.25) is 0 Å². The zero-order chi connectivity index (χ0) is 20.0. The van der Waals surface area contributed by atoms with Crippen LogP contribution in [0.5, 0.6) is 0 Å². The lowest BCUT2D eigenvalue weighted by atomic mass is 9.91. The largest absolute Gasteiger partial charge is 0.379 e. The van der Waals surface area contributed by atoms with Crippen LogP contribution in [0.3, 0.4) is 0 Å². The number of amides is 1. The molecule has 2 fully saturated rings. The zero-order valence-corrected chi connectivity index (χ0v) is 17.6. The van der Waals surface area contributed by atoms with Gasteiger partial charge >= 0.3 is 0 Å². The maximum atomic E-state index is 12.9. The molecule has 156 valence electrons. The second kappa shape index (κ2) is 9.86. The van der Waals surface area contributed by atoms with Gasteiger partial charge in [-0.25, -0.2) is 0 Å². The Morgan fingerprint density at radius 1 is 1.07 bits per heavy atom. The normalized spacial score (nSPS) is 24.1. The molecule has 2 aliphatic heterocycles. The first-order valence-electron chi connectivity index (χ1n) is 11.0. The van der Waals surface area contributed by atoms with Crippen molar-refractivity contribution in [2.24, 2.45) is 0 Å². The van der Waals surface area contributed by atoms with Crippen LogP contribution in [0.25, 0.3) is 0 Å². The van der Waals surface area contributed by atoms with Crippen molar-refractivity contribution in [1.29, 1.82) is 0 Å². The Labute approximate surface area is 170 Å². The van der Waals surface area contributed by atoms with Crippen LogP contribution < -0.4 is 5.32 Å². The molecule has 0 aromatic heterocycles. The molecule has 1 aromatic carbocycles. The van der Waals surface area contributed by atoms with Gasteiger partial charge in [-0.15, -0.1) is 0 Å². The summed E-state index contributed by atoms with van der Waals surface area (Å²) in [5.74, 6) is 0.379. The lowest BCUT2D eigenvalue weighted by Gasteiger charge is -2.38. The Hall–Kier alpha value is -1.43. The SMILES string of the molecule is CC(C)c1ccc(CN2CCC[C@](O)(CNCCN3CCCCC3)C2=O)cc1. The van der Waals surface area contributed by atoms with Gasteiger partial charge in [0.05, 0.1) is 0 Å². The van der Waals surface area contributed by atoms with E-state index in [0.717, 1.165) is 31.6 Å². The van der Waals surface area contributed by atoms with E-state index in [1.807, 2.05) is 4.90 Å². The van der Waals surface area contributed by atoms with Gasteiger partial charge in [0.15, 0.2) is 5.60 Å². The summed E-state index contributed by atoms with van der Waals surface area (Å²) in [6.07, 6.45) is 5.31. The minimum absolute atomic E-state index is 0.128. The number of nitrogens with zero attached hydrogens (tertiary/aromatic N) is 2. The Morgan fingerprint density at radius 2 is 1.79 bits per heavy atom. The van der Waals surface area contributed by atoms with E-state index < -0.39 is 5.60 Å². The third-order valence-electron chi connectivity index (χ3n) is 6.19. The number of carbonyl (C=O) groups excluding carboxylic acids is 1. The van der Waals surface area contributed by atoms with Crippen LogP contribution in [0.2, 0.25) is 0 Å². The van der Waals surface area contributed by atoms with Gasteiger partial charge in [0, 0.05) is 32.7 Å². The number of benzene rings is 1. The van der Waals surface area contributed by atoms with Crippen molar-refractivity contribution in [3.8, 4) is 0 Å². The van der Waals surface area contributed by atoms with Gasteiger partial charge in [0.1, 0.15) is 0 Å². The minimum atomic E-state index is -1.27. The first-order valence-corrected chi connectivity index (χ1v) is 11.0. The second-order valence-electron chi connectivity index (χ2n) is 8.84. The molecule has 0 aliphatic carbocycles. The molecule has 2 aliphatic rings. The fraction of sp³-hybridized carbons (Fsp3) is 0.696. The first kappa shape index (κ1) is 21.3. The Balaban J connectivity index is 1.49. The van der Waals surface area contributed by atoms with Gasteiger partial charge < -0.3 is 20.2 Å². The average molecular weight is 388 g/mol. The number of carbonyl (C=O) groups is 1. The molecule has 0 bridgehead atoms. The predicted octanol–water partition coefficient (Wildman–Crippen LogP) is 2.74. The molecule has 5 heteroatoms. The summed E-state index contributed by atoms with van der Waals surface area (Å²) in [5, 5.41) is 14.3. The molecule has 2 heterocycles. The molecular weight excluding hydrogens is 350 g/mol. The van der Waals surface area contributed by atoms with Crippen molar-refractivity contribution in [1.82, 2.24) is 15.1 Å². The highest BCUT2D eigenvalue weighted by molar-refractivity contribution is 5.86. The second-order valence-corrected chi connectivity index (χ2v) is 8.84. The van der Waals surface area contributed by atoms with Crippen LogP contribution in [0.1, 0.15) is 63.0 Å². The highest BCUT2D eigenvalue weighted by Crippen LogP contribution is 2.24. The predicted molar refractivity (Wildman–Crippen MR) is 113 cm³/mol. The number of likely N-dealkylation sites (tertiary alicyclic amines) is 2. The molecule has 28 heavy (non-hydrogen) atoms. The van der Waals surface area contributed by atoms with Crippen molar-refractivity contribution in [2.75, 3.05) is 39.3 Å². The number of hydrogen-bond donors (Lipinski definition) is 2. The smallest absolute Gasteiger partial charge is 0.256 e. The lowest BCUT2D eigenvalue weighted by molar-refractivity contribution is -0.157. The van der Waals surface area contributed by atoms with Crippen molar-refractivity contribution in [3.63, 3.8) is 0 Å². The van der Waals surface area contributed by atoms with E-state index >= 15 is 0 Å². The fourth-order valence-corrected chi connectivity index (χ4v) is 4.32. The fourth-order valence-electron chi connectivity index (χ4n) is 4.32. The molecule has 3 rings (SSSR count). The van der Waals surface area contributed by atoms with Gasteiger partial charge in [0.25, 0.3) is 5.91 Å². The van der Waals surface area contributed by atoms with E-state index in [1.165, 1.54) is 37.9 Å². The summed E-state index contributed by atoms with van der Waals surface area (Å²) in [4.78, 5) is 17.2. The Morgan fingerprint density at radius 3 is 2.46 bits per heavy atom. The molecule has 0 spiro atoms. The van der Waals surface area contributed by atoms with Crippen LogP contribution in [0.15, 0.2) is 24.3 Å². The number of piperidine rings is 2. The average Bonchev–Trinajstić information content (AvgIpc) is 2.70. The van der Waals surface area contributed by atoms with E-state index in [0.29, 0.717) is 25.4 Å². The maximum Gasteiger partial charge on any atom is 0.256 e. The molecule has 2 saturated heterocycles. The van der Waals surface area contributed by atoms with Gasteiger partial charge in [-0.1, -0.05) is 44.5 Å². The van der Waals surface area contributed by atoms with Crippen LogP contribution in [0.4, 0.5) is 0 Å². The van der Waals surface area contributed by atoms with Crippen LogP contribution in [0, 0.1) is 0 Å². The molecule has 5 nitrogen and oxygen atoms in total. The van der Waals surface area contributed by atoms with Crippen LogP contribution in [-0.4, -0.2) is 65.7 Å². The van der Waals surface area contributed by atoms with Crippen molar-refractivity contribution in [3.05, 3.63) is 35.4 Å². The molecule has 1 amide bonds. The number of rotatable bonds is 8. The highest BCUT2D eigenvalue weighted by atomic mass is 16.3. The summed E-state index contributed by atoms with van der Waals surface area (Å²) in [6, 6.07) is 8.49. The third kappa shape index (κ3) is 5.56. The number of nitrogens with one attached hydrogen (secondary N) is 1. The summed E-state index contributed by atoms with van der Waals surface area (Å²) >= 11 is 0. The van der Waals surface area contributed by atoms with Crippen LogP contribution >= 0.6 is 0 Å². The van der Waals surface area contributed by atoms with Gasteiger partial charge in [-0.2, -0.15) is 0 Å². The topological polar surface area (TPSA) is 55.8 Å². The lowest BCUT2D eigenvalue weighted by Crippen LogP contribution is -2.58. The van der Waals surface area contributed by atoms with Crippen molar-refractivity contribution >= 4 is 5.91 Å². The van der Waals surface area contributed by atoms with Crippen molar-refractivity contribution < 1.29 is 9.90 Å². The maximum absolute atomic E-state index is 12.9. The summed E-state index contributed by atoms with van der Waals surface area (Å²) in [7, 11) is 0. The number of hydrogen-bond acceptors (Lipinski definition) is 4. The molecule has 0 unspecified atom stereocenters. The molecule has 1 atom stereocenters. The third-order valence-corrected chi connectivity index (χ3v) is 6.19. The van der Waals surface area contributed by atoms with E-state index in [9.17, 15) is 9.90 Å². The standard InChI is InChI=1S/C23H37N3O2/c1-19(2)21-9-7-20(8-10-21)17-26-15-6-11-23(28,22(26)27)18-24-12-16-25-13-4-3-5-14-25/h7-10,19,24,28H,3-6,11-18H2,1-2H3/t23-/m0/s1. The molecule has 0 saturated carbocycles. The first-order chi connectivity index (χ1) is 13.5. The molecular formula is C23H37N3O2. The van der Waals surface area contributed by atoms with Gasteiger partial charge in [-0.05, 0) is 55.8 Å². The minimum Gasteiger partial charge on any atom is -0.379 e. The highest BCUT2D eigenvalue weighted by Gasteiger charge is 2.41. The van der Waals surface area contributed by atoms with E-state index in [4.69, 9.17) is 0 Å². The molecule has 2 N–H and O–H groups in total. The Kier molecular flexibility index (Phi) is 7.49. The summed E-state index contributed by atoms with van der Waals surface area (Å²) < 4.78 is 0. The van der Waals surface area contributed by atoms with Crippen molar-refractivity contribution in [2.45, 2.75) is 64.0 Å². The molecule has 1 aromatic rings. The summed E-state index contributed by atoms with van der Waals surface area (Å²) in [6.45, 7) is 10.2. The Bertz CT molecular complexity index is 625. The zero-order valence-electron chi connectivity index (χ0n) is 17.6. The van der Waals surface area contributed by atoms with E-state index in [2.05, 4.69) is 48.3 Å². The van der Waals surface area contributed by atoms with Crippen LogP contribution in [-0.2, 0) is 11.3 Å². The van der Waals surface area contributed by atoms with E-state index in [-0.39, 0.29) is 5.91 Å². The monoisotopic (exact) mass is 387 g/mol. The molecule has 0 radical (unpaired) electrons. The quantitative estimate of drug-likeness (QED) is 0.674. The van der Waals surface area contributed by atoms with E-state index in [1.54, 1.807) is 0 Å². The summed E-state index contributed by atoms with van der Waals surface area (Å²) in [5.41, 5.74) is 1.17. The number of aliphatic hydroxyl groups is 1.